The summed E-state index contributed by atoms with van der Waals surface area (Å²) in [7, 11) is 1.32. The predicted octanol–water partition coefficient (Wildman–Crippen LogP) is 3.98. The van der Waals surface area contributed by atoms with Crippen LogP contribution in [-0.2, 0) is 22.3 Å². The molecule has 212 valence electrons. The average Bonchev–Trinajstić information content (AvgIpc) is 3.30. The molecule has 40 heavy (non-hydrogen) atoms. The number of allylic oxidation sites excluding steroid dienone is 1. The minimum absolute atomic E-state index is 0.0410. The van der Waals surface area contributed by atoms with Gasteiger partial charge in [-0.15, -0.1) is 0 Å². The molecule has 4 rings (SSSR count). The van der Waals surface area contributed by atoms with E-state index in [2.05, 4.69) is 20.7 Å². The molecule has 1 unspecified atom stereocenters. The van der Waals surface area contributed by atoms with Crippen molar-refractivity contribution in [2.45, 2.75) is 38.9 Å². The predicted molar refractivity (Wildman–Crippen MR) is 130 cm³/mol. The molecule has 2 aromatic heterocycles. The van der Waals surface area contributed by atoms with Gasteiger partial charge in [0.1, 0.15) is 17.2 Å². The van der Waals surface area contributed by atoms with Crippen LogP contribution in [-0.4, -0.2) is 46.0 Å². The van der Waals surface area contributed by atoms with Crippen LogP contribution in [0.25, 0.3) is 5.65 Å². The minimum Gasteiger partial charge on any atom is -0.469 e. The number of rotatable bonds is 7. The Kier molecular flexibility index (Phi) is 7.89. The summed E-state index contributed by atoms with van der Waals surface area (Å²) in [5.41, 5.74) is -2.33. The third-order valence-electron chi connectivity index (χ3n) is 6.68. The fraction of sp³-hybridized carbons (Fsp3) is 0.346. The lowest BCUT2D eigenvalue weighted by atomic mass is 9.76. The third-order valence-corrected chi connectivity index (χ3v) is 6.68. The summed E-state index contributed by atoms with van der Waals surface area (Å²) >= 11 is 0. The van der Waals surface area contributed by atoms with E-state index in [1.54, 1.807) is 6.92 Å². The van der Waals surface area contributed by atoms with Gasteiger partial charge in [0.25, 0.3) is 11.8 Å². The fourth-order valence-electron chi connectivity index (χ4n) is 4.27. The molecule has 1 atom stereocenters. The van der Waals surface area contributed by atoms with Crippen LogP contribution < -0.4 is 10.6 Å². The molecule has 0 fully saturated rings. The van der Waals surface area contributed by atoms with Crippen molar-refractivity contribution >= 4 is 23.4 Å². The summed E-state index contributed by atoms with van der Waals surface area (Å²) in [4.78, 5) is 41.7. The van der Waals surface area contributed by atoms with E-state index in [4.69, 9.17) is 4.74 Å². The first-order valence-electron chi connectivity index (χ1n) is 12.0. The van der Waals surface area contributed by atoms with Gasteiger partial charge in [-0.05, 0) is 43.9 Å². The molecule has 0 bridgehead atoms. The van der Waals surface area contributed by atoms with Crippen LogP contribution in [0.3, 0.4) is 0 Å². The molecular formula is C26H24F5N5O4. The highest BCUT2D eigenvalue weighted by Crippen LogP contribution is 2.36. The monoisotopic (exact) mass is 565 g/mol. The van der Waals surface area contributed by atoms with Crippen LogP contribution in [0.1, 0.15) is 58.3 Å². The quantitative estimate of drug-likeness (QED) is 0.255. The van der Waals surface area contributed by atoms with Gasteiger partial charge in [0.05, 0.1) is 24.3 Å². The molecule has 0 aliphatic heterocycles. The van der Waals surface area contributed by atoms with Crippen LogP contribution in [0.15, 0.2) is 42.1 Å². The van der Waals surface area contributed by atoms with E-state index in [-0.39, 0.29) is 29.5 Å². The van der Waals surface area contributed by atoms with Gasteiger partial charge >= 0.3 is 12.1 Å². The van der Waals surface area contributed by atoms with Gasteiger partial charge in [-0.1, -0.05) is 17.7 Å². The molecule has 9 nitrogen and oxygen atoms in total. The number of carbonyl (C=O) groups excluding carboxylic acids is 3. The fourth-order valence-corrected chi connectivity index (χ4v) is 4.27. The normalized spacial score (nSPS) is 17.3. The van der Waals surface area contributed by atoms with Crippen molar-refractivity contribution < 1.29 is 41.1 Å². The van der Waals surface area contributed by atoms with Gasteiger partial charge < -0.3 is 15.4 Å². The van der Waals surface area contributed by atoms with Crippen molar-refractivity contribution in [2.24, 2.45) is 5.41 Å². The maximum Gasteiger partial charge on any atom is 0.419 e. The highest BCUT2D eigenvalue weighted by molar-refractivity contribution is 5.98. The van der Waals surface area contributed by atoms with Crippen LogP contribution in [0.5, 0.6) is 0 Å². The number of methoxy groups -OCH3 is 1. The number of aromatic nitrogens is 3. The number of benzene rings is 1. The zero-order valence-electron chi connectivity index (χ0n) is 21.4. The van der Waals surface area contributed by atoms with E-state index < -0.39 is 52.8 Å². The van der Waals surface area contributed by atoms with Crippen LogP contribution >= 0.6 is 0 Å². The number of fused-ring (bicyclic) bond motifs is 1. The van der Waals surface area contributed by atoms with Crippen molar-refractivity contribution in [1.82, 2.24) is 25.2 Å². The smallest absolute Gasteiger partial charge is 0.419 e. The standard InChI is InChI=1S/C26H24F5N5O4/c1-25(24(39)40-2)7-5-14(6-8-25)11-33-23(38)20-10-19(35-21-18(28)13-34-36(20)21)22(37)32-12-15-3-4-17(27)16(9-15)26(29,30)31/h3-5,9-10,13H,6-8,11-12H2,1-2H3,(H,32,37)(H,33,38). The highest BCUT2D eigenvalue weighted by atomic mass is 19.4. The van der Waals surface area contributed by atoms with E-state index in [0.717, 1.165) is 28.4 Å². The van der Waals surface area contributed by atoms with Gasteiger partial charge in [0.2, 0.25) is 0 Å². The molecule has 1 aliphatic rings. The maximum atomic E-state index is 14.3. The number of halogens is 5. The molecular weight excluding hydrogens is 541 g/mol. The second kappa shape index (κ2) is 11.0. The Balaban J connectivity index is 1.49. The van der Waals surface area contributed by atoms with Crippen molar-refractivity contribution in [3.05, 3.63) is 76.3 Å². The second-order valence-corrected chi connectivity index (χ2v) is 9.55. The number of hydrogen-bond donors (Lipinski definition) is 2. The number of ether oxygens (including phenoxy) is 1. The SMILES string of the molecule is COC(=O)C1(C)CC=C(CNC(=O)c2cc(C(=O)NCc3ccc(F)c(C(F)(F)F)c3)nc3c(F)cnn23)CC1. The van der Waals surface area contributed by atoms with Gasteiger partial charge in [-0.25, -0.2) is 18.3 Å². The molecule has 14 heteroatoms. The van der Waals surface area contributed by atoms with E-state index >= 15 is 0 Å². The number of alkyl halides is 3. The van der Waals surface area contributed by atoms with Crippen molar-refractivity contribution in [3.8, 4) is 0 Å². The van der Waals surface area contributed by atoms with Crippen LogP contribution in [0.4, 0.5) is 22.0 Å². The Bertz CT molecular complexity index is 1520. The Labute approximate surface area is 224 Å². The lowest BCUT2D eigenvalue weighted by Crippen LogP contribution is -2.33. The van der Waals surface area contributed by atoms with Gasteiger partial charge in [0, 0.05) is 19.2 Å². The minimum atomic E-state index is -4.92. The summed E-state index contributed by atoms with van der Waals surface area (Å²) in [6.45, 7) is 1.50. The molecule has 0 spiro atoms. The first-order chi connectivity index (χ1) is 18.8. The first kappa shape index (κ1) is 28.6. The van der Waals surface area contributed by atoms with E-state index in [9.17, 15) is 36.3 Å². The average molecular weight is 565 g/mol. The Morgan fingerprint density at radius 1 is 1.07 bits per heavy atom. The topological polar surface area (TPSA) is 115 Å². The van der Waals surface area contributed by atoms with E-state index in [1.807, 2.05) is 6.08 Å². The summed E-state index contributed by atoms with van der Waals surface area (Å²) < 4.78 is 72.6. The third kappa shape index (κ3) is 5.95. The first-order valence-corrected chi connectivity index (χ1v) is 12.0. The van der Waals surface area contributed by atoms with Gasteiger partial charge in [0.15, 0.2) is 11.5 Å². The summed E-state index contributed by atoms with van der Waals surface area (Å²) in [6, 6.07) is 3.34. The number of esters is 1. The van der Waals surface area contributed by atoms with Crippen LogP contribution in [0, 0.1) is 17.0 Å². The zero-order chi connectivity index (χ0) is 29.2. The molecule has 0 radical (unpaired) electrons. The highest BCUT2D eigenvalue weighted by Gasteiger charge is 2.36. The molecule has 2 amide bonds. The van der Waals surface area contributed by atoms with Crippen LogP contribution in [0.2, 0.25) is 0 Å². The lowest BCUT2D eigenvalue weighted by molar-refractivity contribution is -0.152. The number of hydrogen-bond acceptors (Lipinski definition) is 6. The molecule has 1 aliphatic carbocycles. The largest absolute Gasteiger partial charge is 0.469 e. The van der Waals surface area contributed by atoms with Crippen molar-refractivity contribution in [1.29, 1.82) is 0 Å². The number of nitrogens with zero attached hydrogens (tertiary/aromatic N) is 3. The molecule has 0 saturated carbocycles. The molecule has 2 heterocycles. The zero-order valence-corrected chi connectivity index (χ0v) is 21.4. The molecule has 3 aromatic rings. The number of amides is 2. The van der Waals surface area contributed by atoms with Gasteiger partial charge in [-0.2, -0.15) is 18.3 Å². The van der Waals surface area contributed by atoms with Gasteiger partial charge in [-0.3, -0.25) is 14.4 Å². The second-order valence-electron chi connectivity index (χ2n) is 9.55. The van der Waals surface area contributed by atoms with Crippen molar-refractivity contribution in [3.63, 3.8) is 0 Å². The summed E-state index contributed by atoms with van der Waals surface area (Å²) in [6.07, 6.45) is -0.787. The van der Waals surface area contributed by atoms with E-state index in [1.165, 1.54) is 7.11 Å². The number of carbonyl (C=O) groups is 3. The Morgan fingerprint density at radius 2 is 1.80 bits per heavy atom. The number of nitrogens with one attached hydrogen (secondary N) is 2. The molecule has 1 aromatic carbocycles. The van der Waals surface area contributed by atoms with Crippen molar-refractivity contribution in [2.75, 3.05) is 13.7 Å². The maximum absolute atomic E-state index is 14.3. The summed E-state index contributed by atoms with van der Waals surface area (Å²) in [5.74, 6) is -4.29. The lowest BCUT2D eigenvalue weighted by Gasteiger charge is -2.30. The Morgan fingerprint density at radius 3 is 2.45 bits per heavy atom. The molecule has 2 N–H and O–H groups in total. The van der Waals surface area contributed by atoms with E-state index in [0.29, 0.717) is 31.4 Å². The molecule has 0 saturated heterocycles. The summed E-state index contributed by atoms with van der Waals surface area (Å²) in [5, 5.41) is 8.82. The Hall–Kier alpha value is -4.36.